The minimum Gasteiger partial charge on any atom is -0.396 e. The monoisotopic (exact) mass is 217 g/mol. The molecule has 0 aliphatic carbocycles. The van der Waals surface area contributed by atoms with Crippen molar-refractivity contribution in [2.75, 3.05) is 12.3 Å². The van der Waals surface area contributed by atoms with Crippen LogP contribution in [0.5, 0.6) is 0 Å². The summed E-state index contributed by atoms with van der Waals surface area (Å²) in [4.78, 5) is 14.4. The molecule has 15 heavy (non-hydrogen) atoms. The van der Waals surface area contributed by atoms with E-state index in [9.17, 15) is 14.3 Å². The molecule has 0 bridgehead atoms. The highest BCUT2D eigenvalue weighted by Crippen LogP contribution is 2.02. The number of nitrogens with zero attached hydrogens (tertiary/aromatic N) is 2. The van der Waals surface area contributed by atoms with Gasteiger partial charge in [-0.3, -0.25) is 4.57 Å². The van der Waals surface area contributed by atoms with Gasteiger partial charge in [0.25, 0.3) is 0 Å². The molecule has 0 amide bonds. The zero-order valence-electron chi connectivity index (χ0n) is 7.93. The second kappa shape index (κ2) is 4.85. The smallest absolute Gasteiger partial charge is 0.349 e. The van der Waals surface area contributed by atoms with E-state index in [1.807, 2.05) is 0 Å². The predicted molar refractivity (Wildman–Crippen MR) is 50.6 cm³/mol. The molecule has 1 rings (SSSR count). The summed E-state index contributed by atoms with van der Waals surface area (Å²) in [5.74, 6) is -1.28. The third-order valence-corrected chi connectivity index (χ3v) is 1.85. The molecule has 1 aromatic heterocycles. The van der Waals surface area contributed by atoms with Crippen molar-refractivity contribution in [3.05, 3.63) is 22.5 Å². The maximum atomic E-state index is 12.9. The van der Waals surface area contributed by atoms with Crippen molar-refractivity contribution in [1.82, 2.24) is 9.55 Å². The zero-order valence-corrected chi connectivity index (χ0v) is 7.93. The van der Waals surface area contributed by atoms with Gasteiger partial charge < -0.3 is 15.9 Å². The molecule has 1 aromatic rings. The molecule has 0 aliphatic heterocycles. The number of hydrogen-bond donors (Lipinski definition) is 3. The van der Waals surface area contributed by atoms with Crippen LogP contribution in [0.15, 0.2) is 11.0 Å². The average molecular weight is 217 g/mol. The summed E-state index contributed by atoms with van der Waals surface area (Å²) >= 11 is 0. The summed E-state index contributed by atoms with van der Waals surface area (Å²) in [6.07, 6.45) is 0.0708. The number of aliphatic hydroxyl groups is 2. The van der Waals surface area contributed by atoms with Crippen LogP contribution in [0.25, 0.3) is 0 Å². The molecule has 7 heteroatoms. The molecule has 84 valence electrons. The number of rotatable bonds is 4. The summed E-state index contributed by atoms with van der Waals surface area (Å²) in [7, 11) is 0. The fraction of sp³-hybridized carbons (Fsp3) is 0.500. The van der Waals surface area contributed by atoms with Gasteiger partial charge in [0.1, 0.15) is 0 Å². The SMILES string of the molecule is Nc1nc(=O)n(C[C@H](O)CCO)cc1F. The van der Waals surface area contributed by atoms with E-state index in [2.05, 4.69) is 4.98 Å². The Hall–Kier alpha value is -1.47. The van der Waals surface area contributed by atoms with Gasteiger partial charge in [-0.25, -0.2) is 9.18 Å². The van der Waals surface area contributed by atoms with Crippen LogP contribution in [0.2, 0.25) is 0 Å². The van der Waals surface area contributed by atoms with Gasteiger partial charge in [0, 0.05) is 12.8 Å². The molecule has 0 saturated carbocycles. The Bertz CT molecular complexity index is 393. The van der Waals surface area contributed by atoms with Gasteiger partial charge >= 0.3 is 5.69 Å². The van der Waals surface area contributed by atoms with Crippen LogP contribution in [0.3, 0.4) is 0 Å². The highest BCUT2D eigenvalue weighted by Gasteiger charge is 2.09. The van der Waals surface area contributed by atoms with E-state index < -0.39 is 23.4 Å². The molecule has 0 saturated heterocycles. The molecule has 0 aliphatic rings. The number of aromatic nitrogens is 2. The first-order valence-electron chi connectivity index (χ1n) is 4.36. The lowest BCUT2D eigenvalue weighted by atomic mass is 10.2. The lowest BCUT2D eigenvalue weighted by molar-refractivity contribution is 0.115. The summed E-state index contributed by atoms with van der Waals surface area (Å²) in [5, 5.41) is 17.8. The Kier molecular flexibility index (Phi) is 3.75. The lowest BCUT2D eigenvalue weighted by Gasteiger charge is -2.10. The standard InChI is InChI=1S/C8H12FN3O3/c9-6-4-12(3-5(14)1-2-13)8(15)11-7(6)10/h4-5,13-14H,1-3H2,(H2,10,11,15)/t5-/m1/s1. The topological polar surface area (TPSA) is 101 Å². The van der Waals surface area contributed by atoms with Crippen LogP contribution in [0.1, 0.15) is 6.42 Å². The average Bonchev–Trinajstić information content (AvgIpc) is 2.14. The highest BCUT2D eigenvalue weighted by molar-refractivity contribution is 5.26. The Morgan fingerprint density at radius 3 is 2.93 bits per heavy atom. The van der Waals surface area contributed by atoms with E-state index in [1.165, 1.54) is 0 Å². The van der Waals surface area contributed by atoms with Crippen molar-refractivity contribution in [3.8, 4) is 0 Å². The minimum atomic E-state index is -0.919. The van der Waals surface area contributed by atoms with Gasteiger partial charge in [0.15, 0.2) is 11.6 Å². The Labute approximate surface area is 84.8 Å². The fourth-order valence-electron chi connectivity index (χ4n) is 1.08. The van der Waals surface area contributed by atoms with Crippen LogP contribution in [-0.2, 0) is 6.54 Å². The largest absolute Gasteiger partial charge is 0.396 e. The van der Waals surface area contributed by atoms with Gasteiger partial charge in [-0.05, 0) is 6.42 Å². The van der Waals surface area contributed by atoms with Gasteiger partial charge in [-0.1, -0.05) is 0 Å². The van der Waals surface area contributed by atoms with E-state index in [0.717, 1.165) is 10.8 Å². The van der Waals surface area contributed by atoms with E-state index in [-0.39, 0.29) is 19.6 Å². The summed E-state index contributed by atoms with van der Waals surface area (Å²) in [6.45, 7) is -0.329. The molecule has 1 atom stereocenters. The predicted octanol–water partition coefficient (Wildman–Crippen LogP) is -1.29. The number of hydrogen-bond acceptors (Lipinski definition) is 5. The third kappa shape index (κ3) is 3.00. The van der Waals surface area contributed by atoms with Crippen LogP contribution >= 0.6 is 0 Å². The number of nitrogen functional groups attached to an aromatic ring is 1. The van der Waals surface area contributed by atoms with E-state index in [1.54, 1.807) is 0 Å². The van der Waals surface area contributed by atoms with Gasteiger partial charge in [-0.2, -0.15) is 4.98 Å². The number of halogens is 1. The number of nitrogens with two attached hydrogens (primary N) is 1. The van der Waals surface area contributed by atoms with Gasteiger partial charge in [-0.15, -0.1) is 0 Å². The van der Waals surface area contributed by atoms with Crippen molar-refractivity contribution >= 4 is 5.82 Å². The molecule has 1 heterocycles. The molecule has 0 unspecified atom stereocenters. The molecule has 0 aromatic carbocycles. The fourth-order valence-corrected chi connectivity index (χ4v) is 1.08. The summed E-state index contributed by atoms with van der Waals surface area (Å²) in [6, 6.07) is 0. The van der Waals surface area contributed by atoms with Crippen LogP contribution in [0.4, 0.5) is 10.2 Å². The van der Waals surface area contributed by atoms with Crippen molar-refractivity contribution in [2.24, 2.45) is 0 Å². The van der Waals surface area contributed by atoms with Crippen LogP contribution < -0.4 is 11.4 Å². The first-order chi connectivity index (χ1) is 7.04. The highest BCUT2D eigenvalue weighted by atomic mass is 19.1. The van der Waals surface area contributed by atoms with E-state index in [4.69, 9.17) is 10.8 Å². The molecule has 0 fully saturated rings. The maximum Gasteiger partial charge on any atom is 0.349 e. The molecular weight excluding hydrogens is 205 g/mol. The lowest BCUT2D eigenvalue weighted by Crippen LogP contribution is -2.29. The van der Waals surface area contributed by atoms with E-state index >= 15 is 0 Å². The van der Waals surface area contributed by atoms with Crippen LogP contribution in [0, 0.1) is 5.82 Å². The van der Waals surface area contributed by atoms with Gasteiger partial charge in [0.2, 0.25) is 0 Å². The van der Waals surface area contributed by atoms with Crippen molar-refractivity contribution < 1.29 is 14.6 Å². The molecular formula is C8H12FN3O3. The van der Waals surface area contributed by atoms with Crippen molar-refractivity contribution in [3.63, 3.8) is 0 Å². The second-order valence-corrected chi connectivity index (χ2v) is 3.08. The third-order valence-electron chi connectivity index (χ3n) is 1.85. The first kappa shape index (κ1) is 11.6. The summed E-state index contributed by atoms with van der Waals surface area (Å²) in [5.41, 5.74) is 4.35. The molecule has 4 N–H and O–H groups in total. The van der Waals surface area contributed by atoms with E-state index in [0.29, 0.717) is 0 Å². The van der Waals surface area contributed by atoms with Crippen molar-refractivity contribution in [1.29, 1.82) is 0 Å². The number of aliphatic hydroxyl groups excluding tert-OH is 2. The maximum absolute atomic E-state index is 12.9. The molecule has 0 spiro atoms. The van der Waals surface area contributed by atoms with Crippen LogP contribution in [-0.4, -0.2) is 32.5 Å². The first-order valence-corrected chi connectivity index (χ1v) is 4.36. The Balaban J connectivity index is 2.86. The zero-order chi connectivity index (χ0) is 11.4. The Morgan fingerprint density at radius 1 is 1.67 bits per heavy atom. The summed E-state index contributed by atoms with van der Waals surface area (Å²) < 4.78 is 13.8. The molecule has 0 radical (unpaired) electrons. The van der Waals surface area contributed by atoms with Gasteiger partial charge in [0.05, 0.1) is 12.6 Å². The van der Waals surface area contributed by atoms with Crippen molar-refractivity contribution in [2.45, 2.75) is 19.1 Å². The second-order valence-electron chi connectivity index (χ2n) is 3.08. The normalized spacial score (nSPS) is 12.7. The molecule has 6 nitrogen and oxygen atoms in total. The Morgan fingerprint density at radius 2 is 2.33 bits per heavy atom. The number of anilines is 1. The quantitative estimate of drug-likeness (QED) is 0.582. The minimum absolute atomic E-state index is 0.110.